The molecule has 0 radical (unpaired) electrons. The van der Waals surface area contributed by atoms with E-state index in [1.165, 1.54) is 7.11 Å². The first-order chi connectivity index (χ1) is 12.9. The number of carboxylic acids is 1. The van der Waals surface area contributed by atoms with Crippen LogP contribution in [-0.2, 0) is 9.53 Å². The van der Waals surface area contributed by atoms with Gasteiger partial charge in [0.1, 0.15) is 0 Å². The van der Waals surface area contributed by atoms with Crippen molar-refractivity contribution in [2.24, 2.45) is 11.8 Å². The fourth-order valence-corrected chi connectivity index (χ4v) is 3.98. The number of aliphatic hydroxyl groups excluding tert-OH is 3. The van der Waals surface area contributed by atoms with Gasteiger partial charge in [-0.25, -0.2) is 0 Å². The lowest BCUT2D eigenvalue weighted by Crippen LogP contribution is -2.21. The zero-order valence-corrected chi connectivity index (χ0v) is 16.8. The van der Waals surface area contributed by atoms with Crippen molar-refractivity contribution >= 4 is 5.97 Å². The molecule has 0 aromatic carbocycles. The van der Waals surface area contributed by atoms with E-state index in [-0.39, 0.29) is 24.4 Å². The maximum Gasteiger partial charge on any atom is 0.305 e. The number of rotatable bonds is 14. The first-order valence-electron chi connectivity index (χ1n) is 10.4. The van der Waals surface area contributed by atoms with Crippen LogP contribution >= 0.6 is 0 Å². The molecule has 0 aromatic heterocycles. The summed E-state index contributed by atoms with van der Waals surface area (Å²) < 4.78 is 5.19. The third-order valence-electron chi connectivity index (χ3n) is 5.62. The molecule has 6 heteroatoms. The number of methoxy groups -OCH3 is 1. The number of aliphatic carboxylic acids is 1. The highest BCUT2D eigenvalue weighted by atomic mass is 16.5. The maximum atomic E-state index is 10.8. The van der Waals surface area contributed by atoms with Gasteiger partial charge in [0.25, 0.3) is 0 Å². The molecule has 1 fully saturated rings. The normalized spacial score (nSPS) is 27.9. The Hall–Kier alpha value is -0.950. The highest BCUT2D eigenvalue weighted by Crippen LogP contribution is 2.37. The van der Waals surface area contributed by atoms with Gasteiger partial charge < -0.3 is 25.2 Å². The fourth-order valence-electron chi connectivity index (χ4n) is 3.98. The van der Waals surface area contributed by atoms with Crippen LogP contribution in [0.5, 0.6) is 0 Å². The predicted molar refractivity (Wildman–Crippen MR) is 104 cm³/mol. The minimum Gasteiger partial charge on any atom is -0.481 e. The molecule has 0 saturated heterocycles. The summed E-state index contributed by atoms with van der Waals surface area (Å²) in [5, 5.41) is 39.4. The van der Waals surface area contributed by atoms with E-state index in [1.807, 2.05) is 6.08 Å². The highest BCUT2D eigenvalue weighted by Gasteiger charge is 2.39. The molecule has 4 N–H and O–H groups in total. The average Bonchev–Trinajstić information content (AvgIpc) is 2.88. The summed E-state index contributed by atoms with van der Waals surface area (Å²) in [6.45, 7) is 2.12. The second kappa shape index (κ2) is 13.3. The topological polar surface area (TPSA) is 107 Å². The number of carboxylic acid groups (broad SMARTS) is 1. The van der Waals surface area contributed by atoms with Gasteiger partial charge in [-0.15, -0.1) is 0 Å². The fraction of sp³-hybridized carbons (Fsp3) is 0.857. The number of hydrogen-bond acceptors (Lipinski definition) is 5. The van der Waals surface area contributed by atoms with Gasteiger partial charge in [-0.05, 0) is 25.2 Å². The molecule has 1 rings (SSSR count). The van der Waals surface area contributed by atoms with Crippen LogP contribution in [0.3, 0.4) is 0 Å². The second-order valence-electron chi connectivity index (χ2n) is 7.80. The molecule has 0 heterocycles. The molecule has 6 atom stereocenters. The molecule has 0 aliphatic heterocycles. The van der Waals surface area contributed by atoms with Gasteiger partial charge >= 0.3 is 5.97 Å². The molecular formula is C21H38O6. The average molecular weight is 387 g/mol. The Balaban J connectivity index is 2.45. The van der Waals surface area contributed by atoms with E-state index in [0.29, 0.717) is 12.8 Å². The lowest BCUT2D eigenvalue weighted by molar-refractivity contribution is -0.139. The zero-order valence-electron chi connectivity index (χ0n) is 16.8. The predicted octanol–water partition coefficient (Wildman–Crippen LogP) is 2.89. The van der Waals surface area contributed by atoms with Gasteiger partial charge in [-0.1, -0.05) is 51.2 Å². The van der Waals surface area contributed by atoms with Gasteiger partial charge in [-0.2, -0.15) is 0 Å². The van der Waals surface area contributed by atoms with Crippen molar-refractivity contribution in [1.29, 1.82) is 0 Å². The Morgan fingerprint density at radius 1 is 1.15 bits per heavy atom. The smallest absolute Gasteiger partial charge is 0.305 e. The van der Waals surface area contributed by atoms with Crippen LogP contribution in [0.1, 0.15) is 71.1 Å². The Kier molecular flexibility index (Phi) is 11.8. The SMILES string of the molecule is CCCCCC(O)/C=C/[C@H]1C(O)CC(O)[C@@H]1CCCCC(CC(=O)O)OC. The molecule has 1 saturated carbocycles. The van der Waals surface area contributed by atoms with Crippen molar-refractivity contribution in [3.8, 4) is 0 Å². The van der Waals surface area contributed by atoms with Crippen LogP contribution in [0, 0.1) is 11.8 Å². The summed E-state index contributed by atoms with van der Waals surface area (Å²) in [6.07, 6.45) is 9.14. The molecule has 158 valence electrons. The Bertz CT molecular complexity index is 438. The van der Waals surface area contributed by atoms with Gasteiger partial charge in [0.2, 0.25) is 0 Å². The third kappa shape index (κ3) is 9.19. The van der Waals surface area contributed by atoms with E-state index in [9.17, 15) is 20.1 Å². The van der Waals surface area contributed by atoms with Crippen molar-refractivity contribution in [3.05, 3.63) is 12.2 Å². The number of unbranched alkanes of at least 4 members (excludes halogenated alkanes) is 3. The summed E-state index contributed by atoms with van der Waals surface area (Å²) in [5.74, 6) is -1.03. The molecule has 4 unspecified atom stereocenters. The molecule has 1 aliphatic rings. The third-order valence-corrected chi connectivity index (χ3v) is 5.62. The largest absolute Gasteiger partial charge is 0.481 e. The number of hydrogen-bond donors (Lipinski definition) is 4. The van der Waals surface area contributed by atoms with Crippen molar-refractivity contribution < 1.29 is 30.0 Å². The molecule has 1 aliphatic carbocycles. The van der Waals surface area contributed by atoms with Crippen LogP contribution in [0.2, 0.25) is 0 Å². The summed E-state index contributed by atoms with van der Waals surface area (Å²) in [6, 6.07) is 0. The first-order valence-corrected chi connectivity index (χ1v) is 10.4. The molecular weight excluding hydrogens is 348 g/mol. The van der Waals surface area contributed by atoms with Gasteiger partial charge in [0.15, 0.2) is 0 Å². The quantitative estimate of drug-likeness (QED) is 0.270. The van der Waals surface area contributed by atoms with Gasteiger partial charge in [0, 0.05) is 19.4 Å². The lowest BCUT2D eigenvalue weighted by Gasteiger charge is -2.21. The standard InChI is InChI=1S/C21H38O6/c1-3-4-5-8-15(22)11-12-18-17(19(23)14-20(18)24)10-7-6-9-16(27-2)13-21(25)26/h11-12,15-20,22-24H,3-10,13-14H2,1-2H3,(H,25,26)/b12-11+/t15?,16?,17-,18-,19?,20?/m1/s1. The van der Waals surface area contributed by atoms with E-state index in [4.69, 9.17) is 9.84 Å². The van der Waals surface area contributed by atoms with Crippen molar-refractivity contribution in [1.82, 2.24) is 0 Å². The van der Waals surface area contributed by atoms with E-state index in [0.717, 1.165) is 44.9 Å². The van der Waals surface area contributed by atoms with Gasteiger partial charge in [0.05, 0.1) is 30.8 Å². The van der Waals surface area contributed by atoms with E-state index < -0.39 is 24.3 Å². The lowest BCUT2D eigenvalue weighted by atomic mass is 9.87. The van der Waals surface area contributed by atoms with Crippen LogP contribution in [0.15, 0.2) is 12.2 Å². The summed E-state index contributed by atoms with van der Waals surface area (Å²) >= 11 is 0. The monoisotopic (exact) mass is 386 g/mol. The van der Waals surface area contributed by atoms with Crippen LogP contribution < -0.4 is 0 Å². The first kappa shape index (κ1) is 24.1. The van der Waals surface area contributed by atoms with Crippen LogP contribution in [-0.4, -0.2) is 57.9 Å². The number of carbonyl (C=O) groups is 1. The Labute approximate surface area is 163 Å². The molecule has 0 spiro atoms. The van der Waals surface area contributed by atoms with E-state index >= 15 is 0 Å². The summed E-state index contributed by atoms with van der Waals surface area (Å²) in [5.41, 5.74) is 0. The van der Waals surface area contributed by atoms with Crippen molar-refractivity contribution in [2.45, 2.75) is 95.5 Å². The molecule has 27 heavy (non-hydrogen) atoms. The zero-order chi connectivity index (χ0) is 20.2. The summed E-state index contributed by atoms with van der Waals surface area (Å²) in [4.78, 5) is 10.8. The minimum atomic E-state index is -0.862. The highest BCUT2D eigenvalue weighted by molar-refractivity contribution is 5.67. The molecule has 6 nitrogen and oxygen atoms in total. The van der Waals surface area contributed by atoms with Gasteiger partial charge in [-0.3, -0.25) is 4.79 Å². The van der Waals surface area contributed by atoms with Crippen molar-refractivity contribution in [3.63, 3.8) is 0 Å². The van der Waals surface area contributed by atoms with Crippen molar-refractivity contribution in [2.75, 3.05) is 7.11 Å². The maximum absolute atomic E-state index is 10.8. The molecule has 0 aromatic rings. The second-order valence-corrected chi connectivity index (χ2v) is 7.80. The Morgan fingerprint density at radius 3 is 2.48 bits per heavy atom. The number of ether oxygens (including phenoxy) is 1. The number of aliphatic hydroxyl groups is 3. The van der Waals surface area contributed by atoms with Crippen LogP contribution in [0.4, 0.5) is 0 Å². The van der Waals surface area contributed by atoms with Crippen LogP contribution in [0.25, 0.3) is 0 Å². The molecule has 0 bridgehead atoms. The van der Waals surface area contributed by atoms with E-state index in [2.05, 4.69) is 6.92 Å². The van der Waals surface area contributed by atoms with E-state index in [1.54, 1.807) is 6.08 Å². The molecule has 0 amide bonds. The summed E-state index contributed by atoms with van der Waals surface area (Å²) in [7, 11) is 1.53. The Morgan fingerprint density at radius 2 is 1.85 bits per heavy atom. The minimum absolute atomic E-state index is 0.00253.